The molecule has 1 aromatic carbocycles. The second-order valence-corrected chi connectivity index (χ2v) is 5.60. The van der Waals surface area contributed by atoms with Gasteiger partial charge in [0.1, 0.15) is 17.0 Å². The van der Waals surface area contributed by atoms with Crippen LogP contribution in [0.15, 0.2) is 36.0 Å². The van der Waals surface area contributed by atoms with Crippen molar-refractivity contribution in [1.29, 1.82) is 0 Å². The molecule has 3 aromatic rings. The molecule has 3 rings (SSSR count). The highest BCUT2D eigenvalue weighted by molar-refractivity contribution is 7.17. The van der Waals surface area contributed by atoms with Crippen LogP contribution in [0.25, 0.3) is 10.2 Å². The van der Waals surface area contributed by atoms with E-state index in [2.05, 4.69) is 15.3 Å². The molecule has 0 saturated heterocycles. The van der Waals surface area contributed by atoms with E-state index in [1.54, 1.807) is 29.6 Å². The summed E-state index contributed by atoms with van der Waals surface area (Å²) in [5.74, 6) is -0.427. The second kappa shape index (κ2) is 6.63. The van der Waals surface area contributed by atoms with Crippen LogP contribution in [-0.4, -0.2) is 36.1 Å². The van der Waals surface area contributed by atoms with E-state index in [0.29, 0.717) is 32.8 Å². The first-order chi connectivity index (χ1) is 11.6. The van der Waals surface area contributed by atoms with Gasteiger partial charge in [-0.05, 0) is 18.2 Å². The minimum Gasteiger partial charge on any atom is -0.465 e. The van der Waals surface area contributed by atoms with Crippen LogP contribution in [-0.2, 0) is 9.47 Å². The number of methoxy groups -OCH3 is 2. The van der Waals surface area contributed by atoms with E-state index in [9.17, 15) is 9.59 Å². The molecule has 0 aliphatic carbocycles. The van der Waals surface area contributed by atoms with E-state index in [4.69, 9.17) is 9.47 Å². The number of nitrogens with zero attached hydrogens (tertiary/aromatic N) is 2. The number of fused-ring (bicyclic) bond motifs is 1. The molecular weight excluding hydrogens is 330 g/mol. The van der Waals surface area contributed by atoms with Gasteiger partial charge < -0.3 is 14.8 Å². The Balaban J connectivity index is 2.03. The highest BCUT2D eigenvalue weighted by Crippen LogP contribution is 2.31. The highest BCUT2D eigenvalue weighted by Gasteiger charge is 2.18. The van der Waals surface area contributed by atoms with Crippen molar-refractivity contribution in [3.8, 4) is 0 Å². The summed E-state index contributed by atoms with van der Waals surface area (Å²) in [4.78, 5) is 32.6. The molecule has 0 spiro atoms. The minimum absolute atomic E-state index is 0.393. The van der Waals surface area contributed by atoms with Gasteiger partial charge in [0.15, 0.2) is 0 Å². The molecule has 122 valence electrons. The zero-order valence-electron chi connectivity index (χ0n) is 12.9. The van der Waals surface area contributed by atoms with Crippen molar-refractivity contribution in [2.24, 2.45) is 0 Å². The Hall–Kier alpha value is -3.00. The molecule has 24 heavy (non-hydrogen) atoms. The fourth-order valence-corrected chi connectivity index (χ4v) is 3.08. The topological polar surface area (TPSA) is 90.4 Å². The molecule has 2 heterocycles. The van der Waals surface area contributed by atoms with Gasteiger partial charge in [-0.25, -0.2) is 19.6 Å². The number of nitrogens with one attached hydrogen (secondary N) is 1. The largest absolute Gasteiger partial charge is 0.465 e. The van der Waals surface area contributed by atoms with Gasteiger partial charge in [-0.1, -0.05) is 6.07 Å². The van der Waals surface area contributed by atoms with Gasteiger partial charge in [0.2, 0.25) is 0 Å². The van der Waals surface area contributed by atoms with E-state index in [1.165, 1.54) is 31.9 Å². The van der Waals surface area contributed by atoms with E-state index >= 15 is 0 Å². The van der Waals surface area contributed by atoms with Crippen LogP contribution in [0.5, 0.6) is 0 Å². The van der Waals surface area contributed by atoms with Crippen LogP contribution in [0.2, 0.25) is 0 Å². The lowest BCUT2D eigenvalue weighted by Gasteiger charge is -2.09. The zero-order chi connectivity index (χ0) is 17.1. The standard InChI is InChI=1S/C16H13N3O4S/c1-22-15(20)9-4-3-5-10(6-9)19-13-12-11(16(21)23-2)7-24-14(12)18-8-17-13/h3-8H,1-2H3,(H,17,18,19). The Morgan fingerprint density at radius 2 is 1.92 bits per heavy atom. The van der Waals surface area contributed by atoms with Crippen molar-refractivity contribution in [3.63, 3.8) is 0 Å². The molecule has 1 N–H and O–H groups in total. The summed E-state index contributed by atoms with van der Waals surface area (Å²) in [5, 5.41) is 5.37. The molecule has 8 heteroatoms. The summed E-state index contributed by atoms with van der Waals surface area (Å²) in [7, 11) is 2.65. The first-order valence-electron chi connectivity index (χ1n) is 6.90. The summed E-state index contributed by atoms with van der Waals surface area (Å²) >= 11 is 1.33. The first-order valence-corrected chi connectivity index (χ1v) is 7.78. The summed E-state index contributed by atoms with van der Waals surface area (Å²) in [6.45, 7) is 0. The molecule has 0 unspecified atom stereocenters. The lowest BCUT2D eigenvalue weighted by Crippen LogP contribution is -2.04. The average molecular weight is 343 g/mol. The molecule has 0 amide bonds. The Labute approximate surface area is 141 Å². The average Bonchev–Trinajstić information content (AvgIpc) is 3.06. The SMILES string of the molecule is COC(=O)c1cccc(Nc2ncnc3scc(C(=O)OC)c23)c1. The number of benzene rings is 1. The second-order valence-electron chi connectivity index (χ2n) is 4.74. The van der Waals surface area contributed by atoms with E-state index in [1.807, 2.05) is 0 Å². The Bertz CT molecular complexity index is 923. The van der Waals surface area contributed by atoms with E-state index in [0.717, 1.165) is 0 Å². The maximum absolute atomic E-state index is 11.9. The number of carbonyl (C=O) groups is 2. The van der Waals surface area contributed by atoms with E-state index in [-0.39, 0.29) is 0 Å². The molecule has 0 aliphatic heterocycles. The fraction of sp³-hybridized carbons (Fsp3) is 0.125. The maximum atomic E-state index is 11.9. The van der Waals surface area contributed by atoms with Crippen LogP contribution in [0.4, 0.5) is 11.5 Å². The van der Waals surface area contributed by atoms with Gasteiger partial charge in [0, 0.05) is 11.1 Å². The van der Waals surface area contributed by atoms with Gasteiger partial charge in [0.25, 0.3) is 0 Å². The third-order valence-electron chi connectivity index (χ3n) is 3.32. The maximum Gasteiger partial charge on any atom is 0.339 e. The molecular formula is C16H13N3O4S. The molecule has 0 atom stereocenters. The number of rotatable bonds is 4. The number of hydrogen-bond acceptors (Lipinski definition) is 8. The molecule has 0 aliphatic rings. The Morgan fingerprint density at radius 1 is 1.12 bits per heavy atom. The van der Waals surface area contributed by atoms with Crippen molar-refractivity contribution in [3.05, 3.63) is 47.1 Å². The molecule has 0 saturated carbocycles. The predicted octanol–water partition coefficient (Wildman–Crippen LogP) is 3.01. The molecule has 2 aromatic heterocycles. The number of thiophene rings is 1. The Kier molecular flexibility index (Phi) is 4.39. The van der Waals surface area contributed by atoms with E-state index < -0.39 is 11.9 Å². The van der Waals surface area contributed by atoms with Gasteiger partial charge in [0.05, 0.1) is 30.7 Å². The number of hydrogen-bond donors (Lipinski definition) is 1. The number of aromatic nitrogens is 2. The van der Waals surface area contributed by atoms with Crippen molar-refractivity contribution >= 4 is 45.0 Å². The number of anilines is 2. The van der Waals surface area contributed by atoms with Crippen molar-refractivity contribution in [1.82, 2.24) is 9.97 Å². The summed E-state index contributed by atoms with van der Waals surface area (Å²) in [6, 6.07) is 6.80. The predicted molar refractivity (Wildman–Crippen MR) is 89.8 cm³/mol. The number of carbonyl (C=O) groups excluding carboxylic acids is 2. The first kappa shape index (κ1) is 15.9. The van der Waals surface area contributed by atoms with Crippen LogP contribution in [0.1, 0.15) is 20.7 Å². The quantitative estimate of drug-likeness (QED) is 0.728. The van der Waals surface area contributed by atoms with Crippen LogP contribution in [0, 0.1) is 0 Å². The van der Waals surface area contributed by atoms with Gasteiger partial charge in [-0.2, -0.15) is 0 Å². The van der Waals surface area contributed by atoms with Crippen molar-refractivity contribution in [2.45, 2.75) is 0 Å². The van der Waals surface area contributed by atoms with Crippen LogP contribution in [0.3, 0.4) is 0 Å². The summed E-state index contributed by atoms with van der Waals surface area (Å²) < 4.78 is 9.51. The number of esters is 2. The Morgan fingerprint density at radius 3 is 2.67 bits per heavy atom. The van der Waals surface area contributed by atoms with Crippen molar-refractivity contribution in [2.75, 3.05) is 19.5 Å². The molecule has 7 nitrogen and oxygen atoms in total. The third-order valence-corrected chi connectivity index (χ3v) is 4.21. The van der Waals surface area contributed by atoms with Crippen LogP contribution >= 0.6 is 11.3 Å². The zero-order valence-corrected chi connectivity index (χ0v) is 13.7. The fourth-order valence-electron chi connectivity index (χ4n) is 2.21. The monoisotopic (exact) mass is 343 g/mol. The highest BCUT2D eigenvalue weighted by atomic mass is 32.1. The third kappa shape index (κ3) is 2.91. The lowest BCUT2D eigenvalue weighted by atomic mass is 10.2. The summed E-state index contributed by atoms with van der Waals surface area (Å²) in [6.07, 6.45) is 1.41. The molecule has 0 fully saturated rings. The van der Waals surface area contributed by atoms with Gasteiger partial charge >= 0.3 is 11.9 Å². The normalized spacial score (nSPS) is 10.4. The van der Waals surface area contributed by atoms with Crippen LogP contribution < -0.4 is 5.32 Å². The smallest absolute Gasteiger partial charge is 0.339 e. The molecule has 0 radical (unpaired) electrons. The van der Waals surface area contributed by atoms with Gasteiger partial charge in [-0.15, -0.1) is 11.3 Å². The molecule has 0 bridgehead atoms. The minimum atomic E-state index is -0.456. The number of ether oxygens (including phenoxy) is 2. The lowest BCUT2D eigenvalue weighted by molar-refractivity contribution is 0.0593. The van der Waals surface area contributed by atoms with Crippen molar-refractivity contribution < 1.29 is 19.1 Å². The van der Waals surface area contributed by atoms with Gasteiger partial charge in [-0.3, -0.25) is 0 Å². The summed E-state index contributed by atoms with van der Waals surface area (Å²) in [5.41, 5.74) is 1.44.